The van der Waals surface area contributed by atoms with Crippen molar-refractivity contribution in [3.8, 4) is 22.9 Å². The Hall–Kier alpha value is -5.51. The second kappa shape index (κ2) is 16.6. The first-order valence-corrected chi connectivity index (χ1v) is 20.7. The molecule has 2 aliphatic carbocycles. The largest absolute Gasteiger partial charge is 0.496 e. The van der Waals surface area contributed by atoms with Gasteiger partial charge >= 0.3 is 12.1 Å². The van der Waals surface area contributed by atoms with E-state index in [0.717, 1.165) is 18.4 Å². The molecule has 1 saturated heterocycles. The lowest BCUT2D eigenvalue weighted by Gasteiger charge is -2.30. The van der Waals surface area contributed by atoms with Crippen LogP contribution in [0.15, 0.2) is 48.4 Å². The molecule has 3 aliphatic rings. The maximum Gasteiger partial charge on any atom is 0.408 e. The number of fused-ring (bicyclic) bond motifs is 1. The molecule has 0 unspecified atom stereocenters. The molecule has 4 amide bonds. The first-order chi connectivity index (χ1) is 27.8. The van der Waals surface area contributed by atoms with E-state index in [1.165, 1.54) is 22.3 Å². The minimum absolute atomic E-state index is 0.00754. The number of anilines is 1. The number of carboxylic acid groups (broad SMARTS) is 1. The Morgan fingerprint density at radius 2 is 1.83 bits per heavy atom. The number of amides is 4. The van der Waals surface area contributed by atoms with Crippen LogP contribution in [0, 0.1) is 18.3 Å². The number of thiazole rings is 1. The van der Waals surface area contributed by atoms with Gasteiger partial charge < -0.3 is 40.2 Å². The van der Waals surface area contributed by atoms with Crippen molar-refractivity contribution in [3.63, 3.8) is 0 Å². The van der Waals surface area contributed by atoms with Crippen molar-refractivity contribution in [1.82, 2.24) is 25.5 Å². The third-order valence-electron chi connectivity index (χ3n) is 11.2. The number of alkyl carbamates (subject to hydrolysis) is 1. The molecular formula is C43H54N6O9S. The van der Waals surface area contributed by atoms with E-state index in [9.17, 15) is 29.1 Å². The van der Waals surface area contributed by atoms with Crippen LogP contribution in [0.25, 0.3) is 22.3 Å². The quantitative estimate of drug-likeness (QED) is 0.129. The van der Waals surface area contributed by atoms with Crippen LogP contribution in [0.5, 0.6) is 11.5 Å². The Kier molecular flexibility index (Phi) is 12.1. The summed E-state index contributed by atoms with van der Waals surface area (Å²) in [6.07, 6.45) is 3.64. The zero-order chi connectivity index (χ0) is 43.0. The summed E-state index contributed by atoms with van der Waals surface area (Å²) in [5, 5.41) is 21.2. The number of ether oxygens (including phenoxy) is 3. The van der Waals surface area contributed by atoms with Crippen molar-refractivity contribution < 1.29 is 43.3 Å². The van der Waals surface area contributed by atoms with Gasteiger partial charge in [-0.05, 0) is 76.0 Å². The van der Waals surface area contributed by atoms with Crippen LogP contribution in [0.2, 0.25) is 0 Å². The van der Waals surface area contributed by atoms with Crippen LogP contribution in [-0.2, 0) is 23.9 Å². The predicted molar refractivity (Wildman–Crippen MR) is 223 cm³/mol. The first kappa shape index (κ1) is 43.1. The maximum atomic E-state index is 14.5. The van der Waals surface area contributed by atoms with Gasteiger partial charge in [0, 0.05) is 41.2 Å². The average Bonchev–Trinajstić information content (AvgIpc) is 3.49. The van der Waals surface area contributed by atoms with E-state index in [4.69, 9.17) is 19.2 Å². The molecule has 1 aromatic carbocycles. The van der Waals surface area contributed by atoms with E-state index in [1.807, 2.05) is 40.7 Å². The van der Waals surface area contributed by atoms with E-state index in [-0.39, 0.29) is 30.7 Å². The van der Waals surface area contributed by atoms with Gasteiger partial charge in [-0.25, -0.2) is 19.6 Å². The van der Waals surface area contributed by atoms with E-state index in [2.05, 4.69) is 34.1 Å². The van der Waals surface area contributed by atoms with Gasteiger partial charge in [-0.1, -0.05) is 33.4 Å². The standard InChI is InChI=1S/C43H54N6O9S/c1-10-25-19-43(25,38(53)54)48-36(51)30-17-26(21-49(30)37(52)34(23(2)3)47-40(55)58-42(8)15-11-12-16-42)57-32-18-28(44-35-24(4)31(56-9)14-13-27(32)35)29-22-59-39(45-29)46-33(50)20-41(5,6)7/h10,13-14,18,22,25-26,30,34H,1-2,11-12,15-17,19-21H2,3-9H3,(H,47,55)(H,48,51)(H,53,54)(H,45,46,50)/t25-,26-,30+,34+,43-/m1/s1. The number of benzene rings is 1. The van der Waals surface area contributed by atoms with Crippen molar-refractivity contribution >= 4 is 57.2 Å². The number of aromatic nitrogens is 2. The highest BCUT2D eigenvalue weighted by atomic mass is 32.1. The Balaban J connectivity index is 1.32. The van der Waals surface area contributed by atoms with Gasteiger partial charge in [0.05, 0.1) is 24.9 Å². The molecule has 3 heterocycles. The highest BCUT2D eigenvalue weighted by molar-refractivity contribution is 7.14. The molecule has 0 radical (unpaired) electrons. The number of nitrogens with one attached hydrogen (secondary N) is 3. The number of hydrogen-bond donors (Lipinski definition) is 4. The van der Waals surface area contributed by atoms with Gasteiger partial charge in [0.25, 0.3) is 0 Å². The number of pyridine rings is 1. The summed E-state index contributed by atoms with van der Waals surface area (Å²) in [4.78, 5) is 77.8. The van der Waals surface area contributed by atoms with Crippen molar-refractivity contribution in [1.29, 1.82) is 0 Å². The summed E-state index contributed by atoms with van der Waals surface area (Å²) in [6, 6.07) is 2.91. The Morgan fingerprint density at radius 3 is 2.44 bits per heavy atom. The number of nitrogens with zero attached hydrogens (tertiary/aromatic N) is 3. The molecular weight excluding hydrogens is 777 g/mol. The second-order valence-corrected chi connectivity index (χ2v) is 18.2. The minimum atomic E-state index is -1.55. The lowest BCUT2D eigenvalue weighted by Crippen LogP contribution is -2.56. The number of carbonyl (C=O) groups excluding carboxylic acids is 4. The smallest absolute Gasteiger partial charge is 0.408 e. The number of likely N-dealkylation sites (tertiary alicyclic amines) is 1. The number of carboxylic acids is 1. The Bertz CT molecular complexity index is 2190. The van der Waals surface area contributed by atoms with Crippen LogP contribution >= 0.6 is 11.3 Å². The van der Waals surface area contributed by atoms with Gasteiger partial charge in [-0.3, -0.25) is 14.4 Å². The normalized spacial score (nSPS) is 22.6. The zero-order valence-corrected chi connectivity index (χ0v) is 35.5. The van der Waals surface area contributed by atoms with Crippen molar-refractivity contribution in [3.05, 3.63) is 53.9 Å². The van der Waals surface area contributed by atoms with Gasteiger partial charge in [-0.2, -0.15) is 0 Å². The molecule has 0 bridgehead atoms. The van der Waals surface area contributed by atoms with Crippen LogP contribution in [-0.4, -0.2) is 92.7 Å². The van der Waals surface area contributed by atoms with Crippen molar-refractivity contribution in [2.75, 3.05) is 19.0 Å². The number of aryl methyl sites for hydroxylation is 1. The van der Waals surface area contributed by atoms with E-state index in [0.29, 0.717) is 63.8 Å². The Morgan fingerprint density at radius 1 is 1.12 bits per heavy atom. The van der Waals surface area contributed by atoms with E-state index in [1.54, 1.807) is 31.5 Å². The molecule has 15 nitrogen and oxygen atoms in total. The number of carbonyl (C=O) groups is 5. The molecule has 59 heavy (non-hydrogen) atoms. The highest BCUT2D eigenvalue weighted by Crippen LogP contribution is 2.45. The fourth-order valence-corrected chi connectivity index (χ4v) is 8.67. The molecule has 0 spiro atoms. The van der Waals surface area contributed by atoms with Crippen molar-refractivity contribution in [2.24, 2.45) is 11.3 Å². The summed E-state index contributed by atoms with van der Waals surface area (Å²) in [6.45, 7) is 18.9. The van der Waals surface area contributed by atoms with Crippen LogP contribution < -0.4 is 25.4 Å². The average molecular weight is 831 g/mol. The molecule has 316 valence electrons. The van der Waals surface area contributed by atoms with Gasteiger partial charge in [-0.15, -0.1) is 17.9 Å². The predicted octanol–water partition coefficient (Wildman–Crippen LogP) is 6.55. The number of hydrogen-bond acceptors (Lipinski definition) is 11. The monoisotopic (exact) mass is 830 g/mol. The summed E-state index contributed by atoms with van der Waals surface area (Å²) in [5.41, 5.74) is 0.136. The summed E-state index contributed by atoms with van der Waals surface area (Å²) < 4.78 is 18.1. The molecule has 2 aromatic heterocycles. The lowest BCUT2D eigenvalue weighted by molar-refractivity contribution is -0.145. The molecule has 6 rings (SSSR count). The fourth-order valence-electron chi connectivity index (χ4n) is 7.95. The van der Waals surface area contributed by atoms with Gasteiger partial charge in [0.2, 0.25) is 17.7 Å². The van der Waals surface area contributed by atoms with Gasteiger partial charge in [0.1, 0.15) is 46.5 Å². The minimum Gasteiger partial charge on any atom is -0.496 e. The molecule has 5 atom stereocenters. The summed E-state index contributed by atoms with van der Waals surface area (Å²) in [7, 11) is 1.56. The SMILES string of the molecule is C=C[C@@H]1C[C@]1(NC(=O)[C@@H]1C[C@@H](Oc2cc(-c3csc(NC(=O)CC(C)(C)C)n3)nc3c(C)c(OC)ccc23)CN1C(=O)[C@@H](NC(=O)OC1(C)CCCC1)C(=C)C)C(=O)O. The van der Waals surface area contributed by atoms with Crippen molar-refractivity contribution in [2.45, 2.75) is 116 Å². The Labute approximate surface area is 348 Å². The first-order valence-electron chi connectivity index (χ1n) is 19.8. The van der Waals surface area contributed by atoms with Crippen LogP contribution in [0.4, 0.5) is 9.93 Å². The fraction of sp³-hybridized carbons (Fsp3) is 0.512. The lowest BCUT2D eigenvalue weighted by atomic mass is 9.92. The third-order valence-corrected chi connectivity index (χ3v) is 12.0. The molecule has 4 N–H and O–H groups in total. The van der Waals surface area contributed by atoms with Crippen LogP contribution in [0.3, 0.4) is 0 Å². The number of rotatable bonds is 14. The second-order valence-electron chi connectivity index (χ2n) is 17.4. The number of aliphatic carboxylic acids is 1. The van der Waals surface area contributed by atoms with Gasteiger partial charge in [0.15, 0.2) is 5.13 Å². The van der Waals surface area contributed by atoms with E-state index < -0.39 is 59.1 Å². The summed E-state index contributed by atoms with van der Waals surface area (Å²) >= 11 is 1.26. The summed E-state index contributed by atoms with van der Waals surface area (Å²) in [5.74, 6) is -2.17. The topological polar surface area (TPSA) is 198 Å². The highest BCUT2D eigenvalue weighted by Gasteiger charge is 2.61. The third kappa shape index (κ3) is 9.37. The maximum absolute atomic E-state index is 14.5. The van der Waals surface area contributed by atoms with Crippen LogP contribution in [0.1, 0.15) is 85.1 Å². The molecule has 3 fully saturated rings. The zero-order valence-electron chi connectivity index (χ0n) is 34.7. The van der Waals surface area contributed by atoms with E-state index >= 15 is 0 Å². The molecule has 16 heteroatoms. The molecule has 1 aliphatic heterocycles. The molecule has 2 saturated carbocycles. The molecule has 3 aromatic rings. The number of methoxy groups -OCH3 is 1.